The van der Waals surface area contributed by atoms with E-state index < -0.39 is 17.2 Å². The highest BCUT2D eigenvalue weighted by Crippen LogP contribution is 2.22. The molecule has 0 aliphatic carbocycles. The van der Waals surface area contributed by atoms with Crippen LogP contribution < -0.4 is 0 Å². The zero-order valence-corrected chi connectivity index (χ0v) is 10.8. The first-order valence-electron chi connectivity index (χ1n) is 5.63. The molecule has 98 valence electrons. The number of thioether (sulfide) groups is 1. The van der Waals surface area contributed by atoms with Crippen LogP contribution in [0.25, 0.3) is 10.8 Å². The molecule has 0 fully saturated rings. The Balaban J connectivity index is 2.13. The number of carboxylic acids is 2. The van der Waals surface area contributed by atoms with Gasteiger partial charge in [0.2, 0.25) is 0 Å². The second kappa shape index (κ2) is 5.75. The Bertz CT molecular complexity index is 610. The van der Waals surface area contributed by atoms with Crippen LogP contribution >= 0.6 is 11.8 Å². The highest BCUT2D eigenvalue weighted by molar-refractivity contribution is 8.00. The summed E-state index contributed by atoms with van der Waals surface area (Å²) in [4.78, 5) is 21.5. The maximum atomic E-state index is 10.8. The lowest BCUT2D eigenvalue weighted by molar-refractivity contribution is -0.146. The highest BCUT2D eigenvalue weighted by atomic mass is 32.2. The second-order valence-corrected chi connectivity index (χ2v) is 5.14. The predicted octanol–water partition coefficient (Wildman–Crippen LogP) is 2.61. The molecule has 0 spiro atoms. The van der Waals surface area contributed by atoms with Crippen molar-refractivity contribution in [1.82, 2.24) is 0 Å². The van der Waals surface area contributed by atoms with Crippen molar-refractivity contribution in [3.8, 4) is 0 Å². The quantitative estimate of drug-likeness (QED) is 0.821. The lowest BCUT2D eigenvalue weighted by atomic mass is 10.1. The zero-order chi connectivity index (χ0) is 13.8. The molecular formula is C14H12O4S. The van der Waals surface area contributed by atoms with Crippen LogP contribution in [-0.2, 0) is 15.3 Å². The van der Waals surface area contributed by atoms with E-state index in [0.29, 0.717) is 5.75 Å². The number of carbonyl (C=O) groups is 2. The fourth-order valence-corrected chi connectivity index (χ4v) is 2.58. The van der Waals surface area contributed by atoms with Gasteiger partial charge in [-0.1, -0.05) is 42.5 Å². The molecule has 0 aliphatic rings. The van der Waals surface area contributed by atoms with E-state index in [9.17, 15) is 9.59 Å². The van der Waals surface area contributed by atoms with Crippen molar-refractivity contribution in [3.63, 3.8) is 0 Å². The number of carboxylic acid groups (broad SMARTS) is 2. The molecule has 5 heteroatoms. The number of benzene rings is 2. The van der Waals surface area contributed by atoms with Crippen molar-refractivity contribution in [2.45, 2.75) is 11.0 Å². The van der Waals surface area contributed by atoms with Crippen LogP contribution in [0, 0.1) is 0 Å². The number of fused-ring (bicyclic) bond motifs is 1. The number of hydrogen-bond donors (Lipinski definition) is 2. The molecule has 2 aromatic rings. The topological polar surface area (TPSA) is 74.6 Å². The maximum absolute atomic E-state index is 10.8. The third-order valence-electron chi connectivity index (χ3n) is 2.68. The van der Waals surface area contributed by atoms with Gasteiger partial charge >= 0.3 is 11.9 Å². The molecule has 4 nitrogen and oxygen atoms in total. The van der Waals surface area contributed by atoms with E-state index in [1.54, 1.807) is 0 Å². The van der Waals surface area contributed by atoms with Crippen molar-refractivity contribution >= 4 is 34.5 Å². The van der Waals surface area contributed by atoms with Crippen molar-refractivity contribution in [3.05, 3.63) is 48.0 Å². The number of rotatable bonds is 5. The molecule has 2 aromatic carbocycles. The predicted molar refractivity (Wildman–Crippen MR) is 74.3 cm³/mol. The summed E-state index contributed by atoms with van der Waals surface area (Å²) >= 11 is 0.900. The van der Waals surface area contributed by atoms with Gasteiger partial charge in [0.15, 0.2) is 5.25 Å². The molecule has 0 saturated carbocycles. The van der Waals surface area contributed by atoms with Crippen LogP contribution in [0.4, 0.5) is 0 Å². The standard InChI is InChI=1S/C14H12O4S/c15-13(16)12(14(17)18)19-8-9-5-6-10-3-1-2-4-11(10)7-9/h1-7,12H,8H2,(H,15,16)(H,17,18). The Morgan fingerprint density at radius 1 is 1.00 bits per heavy atom. The van der Waals surface area contributed by atoms with E-state index in [4.69, 9.17) is 10.2 Å². The molecule has 2 N–H and O–H groups in total. The van der Waals surface area contributed by atoms with Gasteiger partial charge in [0, 0.05) is 5.75 Å². The van der Waals surface area contributed by atoms with Gasteiger partial charge in [-0.25, -0.2) is 0 Å². The van der Waals surface area contributed by atoms with E-state index in [2.05, 4.69) is 0 Å². The molecule has 0 heterocycles. The summed E-state index contributed by atoms with van der Waals surface area (Å²) in [6.45, 7) is 0. The van der Waals surface area contributed by atoms with Gasteiger partial charge < -0.3 is 10.2 Å². The summed E-state index contributed by atoms with van der Waals surface area (Å²) in [6, 6.07) is 13.6. The number of aliphatic carboxylic acids is 2. The van der Waals surface area contributed by atoms with Gasteiger partial charge in [-0.2, -0.15) is 0 Å². The minimum absolute atomic E-state index is 0.355. The van der Waals surface area contributed by atoms with Gasteiger partial charge in [0.05, 0.1) is 0 Å². The van der Waals surface area contributed by atoms with E-state index in [-0.39, 0.29) is 0 Å². The first-order chi connectivity index (χ1) is 9.08. The zero-order valence-electron chi connectivity index (χ0n) is 9.95. The summed E-state index contributed by atoms with van der Waals surface area (Å²) in [6.07, 6.45) is 0. The van der Waals surface area contributed by atoms with Crippen LogP contribution in [0.1, 0.15) is 5.56 Å². The monoisotopic (exact) mass is 276 g/mol. The highest BCUT2D eigenvalue weighted by Gasteiger charge is 2.25. The van der Waals surface area contributed by atoms with E-state index in [0.717, 1.165) is 28.1 Å². The smallest absolute Gasteiger partial charge is 0.328 e. The molecule has 0 aliphatic heterocycles. The molecule has 19 heavy (non-hydrogen) atoms. The van der Waals surface area contributed by atoms with E-state index in [1.807, 2.05) is 42.5 Å². The largest absolute Gasteiger partial charge is 0.480 e. The Hall–Kier alpha value is -2.01. The van der Waals surface area contributed by atoms with Crippen molar-refractivity contribution in [1.29, 1.82) is 0 Å². The Labute approximate surface area is 114 Å². The summed E-state index contributed by atoms with van der Waals surface area (Å²) in [5.74, 6) is -2.29. The van der Waals surface area contributed by atoms with Gasteiger partial charge in [-0.3, -0.25) is 9.59 Å². The molecule has 0 amide bonds. The van der Waals surface area contributed by atoms with Crippen LogP contribution in [0.2, 0.25) is 0 Å². The van der Waals surface area contributed by atoms with Crippen LogP contribution in [0.3, 0.4) is 0 Å². The molecular weight excluding hydrogens is 264 g/mol. The third-order valence-corrected chi connectivity index (χ3v) is 3.92. The molecule has 0 saturated heterocycles. The SMILES string of the molecule is O=C(O)C(SCc1ccc2ccccc2c1)C(=O)O. The average molecular weight is 276 g/mol. The second-order valence-electron chi connectivity index (χ2n) is 4.05. The maximum Gasteiger partial charge on any atom is 0.328 e. The average Bonchev–Trinajstić information content (AvgIpc) is 2.38. The molecule has 0 radical (unpaired) electrons. The van der Waals surface area contributed by atoms with Gasteiger partial charge in [0.1, 0.15) is 0 Å². The minimum atomic E-state index is -1.42. The third kappa shape index (κ3) is 3.26. The Morgan fingerprint density at radius 2 is 1.63 bits per heavy atom. The molecule has 0 bridgehead atoms. The molecule has 0 atom stereocenters. The lowest BCUT2D eigenvalue weighted by Gasteiger charge is -2.07. The van der Waals surface area contributed by atoms with Gasteiger partial charge in [-0.05, 0) is 16.3 Å². The van der Waals surface area contributed by atoms with Crippen LogP contribution in [0.15, 0.2) is 42.5 Å². The van der Waals surface area contributed by atoms with E-state index in [1.165, 1.54) is 0 Å². The summed E-state index contributed by atoms with van der Waals surface area (Å²) < 4.78 is 0. The van der Waals surface area contributed by atoms with Crippen molar-refractivity contribution in [2.75, 3.05) is 0 Å². The molecule has 0 unspecified atom stereocenters. The summed E-state index contributed by atoms with van der Waals surface area (Å²) in [5.41, 5.74) is 0.913. The fourth-order valence-electron chi connectivity index (χ4n) is 1.76. The lowest BCUT2D eigenvalue weighted by Crippen LogP contribution is -2.26. The van der Waals surface area contributed by atoms with Gasteiger partial charge in [-0.15, -0.1) is 11.8 Å². The Morgan fingerprint density at radius 3 is 2.26 bits per heavy atom. The fraction of sp³-hybridized carbons (Fsp3) is 0.143. The number of hydrogen-bond acceptors (Lipinski definition) is 3. The first-order valence-corrected chi connectivity index (χ1v) is 6.67. The van der Waals surface area contributed by atoms with Crippen molar-refractivity contribution in [2.24, 2.45) is 0 Å². The Kier molecular flexibility index (Phi) is 4.06. The summed E-state index contributed by atoms with van der Waals surface area (Å²) in [7, 11) is 0. The normalized spacial score (nSPS) is 10.8. The molecule has 2 rings (SSSR count). The summed E-state index contributed by atoms with van der Waals surface area (Å²) in [5, 5.41) is 18.3. The molecule has 0 aromatic heterocycles. The van der Waals surface area contributed by atoms with E-state index >= 15 is 0 Å². The van der Waals surface area contributed by atoms with Gasteiger partial charge in [0.25, 0.3) is 0 Å². The first kappa shape index (κ1) is 13.4. The van der Waals surface area contributed by atoms with Crippen molar-refractivity contribution < 1.29 is 19.8 Å². The van der Waals surface area contributed by atoms with Crippen LogP contribution in [-0.4, -0.2) is 27.4 Å². The minimum Gasteiger partial charge on any atom is -0.480 e. The van der Waals surface area contributed by atoms with Crippen LogP contribution in [0.5, 0.6) is 0 Å².